The highest BCUT2D eigenvalue weighted by Gasteiger charge is 2.16. The SMILES string of the molecule is COC(CNC(=O)Nc1cccc(C(=O)NC(C)(C)C)c1)c1ccccc1. The highest BCUT2D eigenvalue weighted by atomic mass is 16.5. The molecule has 3 N–H and O–H groups in total. The highest BCUT2D eigenvalue weighted by molar-refractivity contribution is 5.97. The average Bonchev–Trinajstić information content (AvgIpc) is 2.62. The van der Waals surface area contributed by atoms with E-state index in [4.69, 9.17) is 4.74 Å². The number of anilines is 1. The first kappa shape index (κ1) is 20.5. The summed E-state index contributed by atoms with van der Waals surface area (Å²) < 4.78 is 5.44. The molecule has 0 heterocycles. The predicted molar refractivity (Wildman–Crippen MR) is 107 cm³/mol. The number of carbonyl (C=O) groups excluding carboxylic acids is 2. The Morgan fingerprint density at radius 1 is 1.04 bits per heavy atom. The fraction of sp³-hybridized carbons (Fsp3) is 0.333. The quantitative estimate of drug-likeness (QED) is 0.726. The number of hydrogen-bond acceptors (Lipinski definition) is 3. The Hall–Kier alpha value is -2.86. The molecule has 2 rings (SSSR count). The van der Waals surface area contributed by atoms with Crippen LogP contribution in [0.4, 0.5) is 10.5 Å². The van der Waals surface area contributed by atoms with E-state index in [-0.39, 0.29) is 23.6 Å². The van der Waals surface area contributed by atoms with Crippen molar-refractivity contribution < 1.29 is 14.3 Å². The van der Waals surface area contributed by atoms with Crippen LogP contribution in [0.5, 0.6) is 0 Å². The van der Waals surface area contributed by atoms with Gasteiger partial charge in [0.2, 0.25) is 0 Å². The summed E-state index contributed by atoms with van der Waals surface area (Å²) in [6.45, 7) is 6.08. The van der Waals surface area contributed by atoms with Crippen LogP contribution >= 0.6 is 0 Å². The second kappa shape index (κ2) is 9.19. The molecule has 144 valence electrons. The van der Waals surface area contributed by atoms with Crippen LogP contribution in [0, 0.1) is 0 Å². The molecule has 0 fully saturated rings. The first-order valence-corrected chi connectivity index (χ1v) is 8.83. The van der Waals surface area contributed by atoms with Gasteiger partial charge in [-0.05, 0) is 44.5 Å². The number of benzene rings is 2. The Balaban J connectivity index is 1.94. The molecule has 0 saturated carbocycles. The van der Waals surface area contributed by atoms with Gasteiger partial charge in [0.15, 0.2) is 0 Å². The molecule has 0 aromatic heterocycles. The molecule has 0 saturated heterocycles. The van der Waals surface area contributed by atoms with Gasteiger partial charge in [-0.25, -0.2) is 4.79 Å². The van der Waals surface area contributed by atoms with E-state index in [2.05, 4.69) is 16.0 Å². The Kier molecular flexibility index (Phi) is 6.96. The Bertz CT molecular complexity index is 770. The van der Waals surface area contributed by atoms with Gasteiger partial charge in [0, 0.05) is 30.4 Å². The van der Waals surface area contributed by atoms with Crippen molar-refractivity contribution in [1.82, 2.24) is 10.6 Å². The summed E-state index contributed by atoms with van der Waals surface area (Å²) in [4.78, 5) is 24.4. The van der Waals surface area contributed by atoms with Crippen molar-refractivity contribution in [3.05, 3.63) is 65.7 Å². The predicted octanol–water partition coefficient (Wildman–Crippen LogP) is 3.72. The van der Waals surface area contributed by atoms with Crippen LogP contribution < -0.4 is 16.0 Å². The Morgan fingerprint density at radius 3 is 2.37 bits per heavy atom. The molecule has 0 aliphatic carbocycles. The summed E-state index contributed by atoms with van der Waals surface area (Å²) in [5.74, 6) is -0.185. The van der Waals surface area contributed by atoms with Gasteiger partial charge in [0.25, 0.3) is 5.91 Å². The third-order valence-electron chi connectivity index (χ3n) is 3.78. The lowest BCUT2D eigenvalue weighted by Crippen LogP contribution is -2.40. The van der Waals surface area contributed by atoms with E-state index in [0.717, 1.165) is 5.56 Å². The molecule has 3 amide bonds. The number of methoxy groups -OCH3 is 1. The topological polar surface area (TPSA) is 79.5 Å². The Labute approximate surface area is 160 Å². The third-order valence-corrected chi connectivity index (χ3v) is 3.78. The zero-order valence-corrected chi connectivity index (χ0v) is 16.2. The minimum atomic E-state index is -0.360. The maximum Gasteiger partial charge on any atom is 0.319 e. The summed E-state index contributed by atoms with van der Waals surface area (Å²) in [6, 6.07) is 16.1. The second-order valence-corrected chi connectivity index (χ2v) is 7.25. The van der Waals surface area contributed by atoms with Gasteiger partial charge in [0.1, 0.15) is 0 Å². The number of ether oxygens (including phenoxy) is 1. The zero-order chi connectivity index (χ0) is 19.9. The summed E-state index contributed by atoms with van der Waals surface area (Å²) >= 11 is 0. The minimum Gasteiger partial charge on any atom is -0.375 e. The lowest BCUT2D eigenvalue weighted by atomic mass is 10.1. The molecule has 2 aromatic rings. The van der Waals surface area contributed by atoms with E-state index in [1.807, 2.05) is 51.1 Å². The van der Waals surface area contributed by atoms with Crippen molar-refractivity contribution in [2.75, 3.05) is 19.0 Å². The smallest absolute Gasteiger partial charge is 0.319 e. The van der Waals surface area contributed by atoms with Gasteiger partial charge < -0.3 is 20.7 Å². The van der Waals surface area contributed by atoms with Crippen LogP contribution in [-0.4, -0.2) is 31.1 Å². The van der Waals surface area contributed by atoms with Crippen molar-refractivity contribution in [3.63, 3.8) is 0 Å². The van der Waals surface area contributed by atoms with Gasteiger partial charge in [0.05, 0.1) is 6.10 Å². The standard InChI is InChI=1S/C21H27N3O3/c1-21(2,3)24-19(25)16-11-8-12-17(13-16)23-20(26)22-14-18(27-4)15-9-6-5-7-10-15/h5-13,18H,14H2,1-4H3,(H,24,25)(H2,22,23,26). The molecular weight excluding hydrogens is 342 g/mol. The van der Waals surface area contributed by atoms with Crippen LogP contribution in [0.15, 0.2) is 54.6 Å². The first-order chi connectivity index (χ1) is 12.8. The van der Waals surface area contributed by atoms with Crippen molar-refractivity contribution in [2.45, 2.75) is 32.4 Å². The van der Waals surface area contributed by atoms with Crippen molar-refractivity contribution in [3.8, 4) is 0 Å². The molecule has 0 aliphatic rings. The minimum absolute atomic E-state index is 0.185. The molecule has 0 radical (unpaired) electrons. The third kappa shape index (κ3) is 6.75. The lowest BCUT2D eigenvalue weighted by Gasteiger charge is -2.20. The van der Waals surface area contributed by atoms with E-state index in [1.165, 1.54) is 0 Å². The monoisotopic (exact) mass is 369 g/mol. The molecule has 0 spiro atoms. The van der Waals surface area contributed by atoms with Gasteiger partial charge in [-0.3, -0.25) is 4.79 Å². The van der Waals surface area contributed by atoms with Gasteiger partial charge >= 0.3 is 6.03 Å². The Morgan fingerprint density at radius 2 is 1.74 bits per heavy atom. The average molecular weight is 369 g/mol. The molecule has 1 unspecified atom stereocenters. The van der Waals surface area contributed by atoms with E-state index < -0.39 is 0 Å². The lowest BCUT2D eigenvalue weighted by molar-refractivity contribution is 0.0919. The van der Waals surface area contributed by atoms with Crippen LogP contribution in [0.1, 0.15) is 42.8 Å². The molecule has 6 heteroatoms. The summed E-state index contributed by atoms with van der Waals surface area (Å²) in [5.41, 5.74) is 1.69. The molecule has 2 aromatic carbocycles. The number of amides is 3. The number of rotatable bonds is 6. The zero-order valence-electron chi connectivity index (χ0n) is 16.2. The molecule has 0 aliphatic heterocycles. The van der Waals surface area contributed by atoms with E-state index in [1.54, 1.807) is 31.4 Å². The first-order valence-electron chi connectivity index (χ1n) is 8.83. The molecular formula is C21H27N3O3. The molecule has 27 heavy (non-hydrogen) atoms. The van der Waals surface area contributed by atoms with Crippen LogP contribution in [0.3, 0.4) is 0 Å². The number of urea groups is 1. The van der Waals surface area contributed by atoms with Gasteiger partial charge in [-0.1, -0.05) is 36.4 Å². The fourth-order valence-electron chi connectivity index (χ4n) is 2.52. The van der Waals surface area contributed by atoms with E-state index >= 15 is 0 Å². The fourth-order valence-corrected chi connectivity index (χ4v) is 2.52. The van der Waals surface area contributed by atoms with Gasteiger partial charge in [-0.15, -0.1) is 0 Å². The summed E-state index contributed by atoms with van der Waals surface area (Å²) in [7, 11) is 1.61. The van der Waals surface area contributed by atoms with Crippen LogP contribution in [-0.2, 0) is 4.74 Å². The normalized spacial score (nSPS) is 12.1. The largest absolute Gasteiger partial charge is 0.375 e. The molecule has 6 nitrogen and oxygen atoms in total. The second-order valence-electron chi connectivity index (χ2n) is 7.25. The number of nitrogens with one attached hydrogen (secondary N) is 3. The van der Waals surface area contributed by atoms with Crippen LogP contribution in [0.25, 0.3) is 0 Å². The number of hydrogen-bond donors (Lipinski definition) is 3. The maximum absolute atomic E-state index is 12.3. The van der Waals surface area contributed by atoms with E-state index in [9.17, 15) is 9.59 Å². The van der Waals surface area contributed by atoms with E-state index in [0.29, 0.717) is 17.8 Å². The highest BCUT2D eigenvalue weighted by Crippen LogP contribution is 2.15. The van der Waals surface area contributed by atoms with Gasteiger partial charge in [-0.2, -0.15) is 0 Å². The van der Waals surface area contributed by atoms with Crippen LogP contribution in [0.2, 0.25) is 0 Å². The summed E-state index contributed by atoms with van der Waals surface area (Å²) in [5, 5.41) is 8.44. The maximum atomic E-state index is 12.3. The summed E-state index contributed by atoms with van der Waals surface area (Å²) in [6.07, 6.45) is -0.235. The molecule has 1 atom stereocenters. The number of carbonyl (C=O) groups is 2. The van der Waals surface area contributed by atoms with Crippen molar-refractivity contribution >= 4 is 17.6 Å². The molecule has 0 bridgehead atoms. The van der Waals surface area contributed by atoms with Crippen molar-refractivity contribution in [1.29, 1.82) is 0 Å². The van der Waals surface area contributed by atoms with Crippen molar-refractivity contribution in [2.24, 2.45) is 0 Å².